The molecule has 82 valence electrons. The lowest BCUT2D eigenvalue weighted by Gasteiger charge is -2.24. The Morgan fingerprint density at radius 1 is 1.50 bits per heavy atom. The second kappa shape index (κ2) is 4.72. The molecule has 0 spiro atoms. The third kappa shape index (κ3) is 2.94. The zero-order chi connectivity index (χ0) is 10.7. The molecule has 0 saturated carbocycles. The Morgan fingerprint density at radius 3 is 2.71 bits per heavy atom. The summed E-state index contributed by atoms with van der Waals surface area (Å²) in [5.41, 5.74) is 0. The van der Waals surface area contributed by atoms with E-state index in [1.807, 2.05) is 6.92 Å². The van der Waals surface area contributed by atoms with Gasteiger partial charge in [0.2, 0.25) is 5.91 Å². The highest BCUT2D eigenvalue weighted by Gasteiger charge is 2.32. The first-order valence-corrected chi connectivity index (χ1v) is 4.75. The van der Waals surface area contributed by atoms with E-state index in [-0.39, 0.29) is 11.8 Å². The third-order valence-corrected chi connectivity index (χ3v) is 2.29. The average Bonchev–Trinajstić information content (AvgIpc) is 2.18. The van der Waals surface area contributed by atoms with Crippen molar-refractivity contribution < 1.29 is 19.7 Å². The molecule has 1 rings (SSSR count). The van der Waals surface area contributed by atoms with Crippen LogP contribution in [0, 0.1) is 5.92 Å². The molecule has 4 atom stereocenters. The van der Waals surface area contributed by atoms with Crippen LogP contribution in [0.15, 0.2) is 0 Å². The van der Waals surface area contributed by atoms with Gasteiger partial charge in [0.05, 0.1) is 12.7 Å². The molecule has 0 aromatic rings. The first-order valence-electron chi connectivity index (χ1n) is 4.75. The van der Waals surface area contributed by atoms with Gasteiger partial charge in [0.1, 0.15) is 6.04 Å². The van der Waals surface area contributed by atoms with Crippen molar-refractivity contribution in [3.63, 3.8) is 0 Å². The predicted molar refractivity (Wildman–Crippen MR) is 49.4 cm³/mol. The second-order valence-electron chi connectivity index (χ2n) is 3.86. The first-order chi connectivity index (χ1) is 6.50. The Labute approximate surface area is 83.1 Å². The van der Waals surface area contributed by atoms with Crippen molar-refractivity contribution in [1.82, 2.24) is 5.32 Å². The maximum atomic E-state index is 10.8. The molecule has 1 aliphatic heterocycles. The normalized spacial score (nSPS) is 38.9. The summed E-state index contributed by atoms with van der Waals surface area (Å²) < 4.78 is 5.08. The van der Waals surface area contributed by atoms with Crippen molar-refractivity contribution in [3.05, 3.63) is 0 Å². The summed E-state index contributed by atoms with van der Waals surface area (Å²) >= 11 is 0. The lowest BCUT2D eigenvalue weighted by Crippen LogP contribution is -2.50. The van der Waals surface area contributed by atoms with Gasteiger partial charge in [-0.25, -0.2) is 0 Å². The van der Waals surface area contributed by atoms with E-state index in [4.69, 9.17) is 4.74 Å². The minimum atomic E-state index is -1.13. The summed E-state index contributed by atoms with van der Waals surface area (Å²) in [5, 5.41) is 21.7. The van der Waals surface area contributed by atoms with Gasteiger partial charge in [0.25, 0.3) is 0 Å². The van der Waals surface area contributed by atoms with E-state index in [2.05, 4.69) is 5.32 Å². The fraction of sp³-hybridized carbons (Fsp3) is 0.889. The van der Waals surface area contributed by atoms with E-state index in [1.165, 1.54) is 6.92 Å². The van der Waals surface area contributed by atoms with E-state index in [0.717, 1.165) is 0 Å². The van der Waals surface area contributed by atoms with Gasteiger partial charge in [0.15, 0.2) is 6.29 Å². The van der Waals surface area contributed by atoms with E-state index >= 15 is 0 Å². The number of carbonyl (C=O) groups is 1. The van der Waals surface area contributed by atoms with Crippen molar-refractivity contribution in [2.45, 2.75) is 38.7 Å². The molecule has 3 unspecified atom stereocenters. The topological polar surface area (TPSA) is 78.8 Å². The molecule has 1 aliphatic rings. The van der Waals surface area contributed by atoms with Crippen LogP contribution < -0.4 is 5.32 Å². The molecule has 0 aliphatic carbocycles. The lowest BCUT2D eigenvalue weighted by molar-refractivity contribution is -0.141. The molecular weight excluding hydrogens is 186 g/mol. The van der Waals surface area contributed by atoms with Crippen LogP contribution in [0.3, 0.4) is 0 Å². The summed E-state index contributed by atoms with van der Waals surface area (Å²) in [7, 11) is 0. The Hall–Kier alpha value is -0.650. The summed E-state index contributed by atoms with van der Waals surface area (Å²) in [6.07, 6.45) is -1.37. The number of amides is 1. The van der Waals surface area contributed by atoms with Gasteiger partial charge < -0.3 is 20.3 Å². The number of hydrogen-bond donors (Lipinski definition) is 3. The van der Waals surface area contributed by atoms with Crippen molar-refractivity contribution in [1.29, 1.82) is 0 Å². The summed E-state index contributed by atoms with van der Waals surface area (Å²) in [4.78, 5) is 10.8. The second-order valence-corrected chi connectivity index (χ2v) is 3.86. The van der Waals surface area contributed by atoms with Gasteiger partial charge in [-0.3, -0.25) is 4.79 Å². The number of aliphatic hydroxyl groups excluding tert-OH is 2. The van der Waals surface area contributed by atoms with Gasteiger partial charge in [-0.1, -0.05) is 6.92 Å². The van der Waals surface area contributed by atoms with Gasteiger partial charge in [-0.15, -0.1) is 0 Å². The number of aliphatic hydroxyl groups is 2. The number of ether oxygens (including phenoxy) is 1. The van der Waals surface area contributed by atoms with Gasteiger partial charge in [-0.05, 0) is 12.3 Å². The Balaban J connectivity index is 2.63. The molecule has 5 heteroatoms. The first kappa shape index (κ1) is 11.4. The molecule has 3 N–H and O–H groups in total. The molecule has 0 aromatic heterocycles. The van der Waals surface area contributed by atoms with E-state index in [1.54, 1.807) is 0 Å². The minimum absolute atomic E-state index is 0.179. The van der Waals surface area contributed by atoms with Crippen LogP contribution in [0.4, 0.5) is 0 Å². The van der Waals surface area contributed by atoms with Crippen molar-refractivity contribution in [2.24, 2.45) is 5.92 Å². The molecule has 0 aromatic carbocycles. The molecule has 0 radical (unpaired) electrons. The SMILES string of the molecule is CC(=O)NC1C(O)CC(C)CO[C@H]1O. The largest absolute Gasteiger partial charge is 0.391 e. The molecule has 1 amide bonds. The summed E-state index contributed by atoms with van der Waals surface area (Å²) in [6, 6.07) is -0.725. The van der Waals surface area contributed by atoms with Crippen LogP contribution in [-0.4, -0.2) is 41.2 Å². The Kier molecular flexibility index (Phi) is 3.86. The van der Waals surface area contributed by atoms with Crippen LogP contribution in [0.25, 0.3) is 0 Å². The molecule has 5 nitrogen and oxygen atoms in total. The molecule has 1 fully saturated rings. The molecule has 1 saturated heterocycles. The molecule has 0 bridgehead atoms. The van der Waals surface area contributed by atoms with Crippen LogP contribution in [-0.2, 0) is 9.53 Å². The highest BCUT2D eigenvalue weighted by atomic mass is 16.6. The number of hydrogen-bond acceptors (Lipinski definition) is 4. The summed E-state index contributed by atoms with van der Waals surface area (Å²) in [5.74, 6) is -0.107. The monoisotopic (exact) mass is 203 g/mol. The fourth-order valence-corrected chi connectivity index (χ4v) is 1.59. The van der Waals surface area contributed by atoms with E-state index in [0.29, 0.717) is 13.0 Å². The minimum Gasteiger partial charge on any atom is -0.391 e. The molecule has 1 heterocycles. The van der Waals surface area contributed by atoms with E-state index in [9.17, 15) is 15.0 Å². The van der Waals surface area contributed by atoms with E-state index < -0.39 is 18.4 Å². The zero-order valence-electron chi connectivity index (χ0n) is 8.43. The fourth-order valence-electron chi connectivity index (χ4n) is 1.59. The maximum absolute atomic E-state index is 10.8. The van der Waals surface area contributed by atoms with Crippen LogP contribution in [0.1, 0.15) is 20.3 Å². The predicted octanol–water partition coefficient (Wildman–Crippen LogP) is -0.773. The third-order valence-electron chi connectivity index (χ3n) is 2.29. The maximum Gasteiger partial charge on any atom is 0.217 e. The van der Waals surface area contributed by atoms with Gasteiger partial charge in [-0.2, -0.15) is 0 Å². The smallest absolute Gasteiger partial charge is 0.217 e. The number of nitrogens with one attached hydrogen (secondary N) is 1. The highest BCUT2D eigenvalue weighted by Crippen LogP contribution is 2.17. The quantitative estimate of drug-likeness (QED) is 0.522. The van der Waals surface area contributed by atoms with Crippen molar-refractivity contribution in [3.8, 4) is 0 Å². The average molecular weight is 203 g/mol. The zero-order valence-corrected chi connectivity index (χ0v) is 8.43. The number of carbonyl (C=O) groups excluding carboxylic acids is 1. The van der Waals surface area contributed by atoms with Crippen LogP contribution in [0.5, 0.6) is 0 Å². The summed E-state index contributed by atoms with van der Waals surface area (Å²) in [6.45, 7) is 3.66. The molecule has 14 heavy (non-hydrogen) atoms. The standard InChI is InChI=1S/C9H17NO4/c1-5-3-7(12)8(10-6(2)11)9(13)14-4-5/h5,7-9,12-13H,3-4H2,1-2H3,(H,10,11)/t5?,7?,8?,9-/m1/s1. The van der Waals surface area contributed by atoms with Crippen LogP contribution in [0.2, 0.25) is 0 Å². The van der Waals surface area contributed by atoms with Crippen molar-refractivity contribution >= 4 is 5.91 Å². The molecular formula is C9H17NO4. The number of rotatable bonds is 1. The van der Waals surface area contributed by atoms with Gasteiger partial charge >= 0.3 is 0 Å². The van der Waals surface area contributed by atoms with Gasteiger partial charge in [0, 0.05) is 6.92 Å². The highest BCUT2D eigenvalue weighted by molar-refractivity contribution is 5.73. The Bertz CT molecular complexity index is 209. The Morgan fingerprint density at radius 2 is 2.14 bits per heavy atom. The van der Waals surface area contributed by atoms with Crippen molar-refractivity contribution in [2.75, 3.05) is 6.61 Å². The van der Waals surface area contributed by atoms with Crippen LogP contribution >= 0.6 is 0 Å². The lowest BCUT2D eigenvalue weighted by atomic mass is 10.0.